The smallest absolute Gasteiger partial charge is 0.251 e. The lowest BCUT2D eigenvalue weighted by Gasteiger charge is -2.23. The quantitative estimate of drug-likeness (QED) is 0.864. The molecule has 0 radical (unpaired) electrons. The molecule has 2 rings (SSSR count). The van der Waals surface area contributed by atoms with E-state index in [2.05, 4.69) is 5.32 Å². The number of sulfonamides is 1. The summed E-state index contributed by atoms with van der Waals surface area (Å²) in [6.07, 6.45) is 1.76. The van der Waals surface area contributed by atoms with E-state index in [1.165, 1.54) is 6.07 Å². The first kappa shape index (κ1) is 15.9. The Balaban J connectivity index is 2.28. The van der Waals surface area contributed by atoms with E-state index in [1.54, 1.807) is 19.9 Å². The van der Waals surface area contributed by atoms with Gasteiger partial charge in [0.2, 0.25) is 10.0 Å². The van der Waals surface area contributed by atoms with Crippen molar-refractivity contribution in [3.8, 4) is 0 Å². The van der Waals surface area contributed by atoms with Crippen molar-refractivity contribution >= 4 is 15.9 Å². The van der Waals surface area contributed by atoms with Crippen LogP contribution < -0.4 is 10.5 Å². The Morgan fingerprint density at radius 3 is 2.62 bits per heavy atom. The van der Waals surface area contributed by atoms with E-state index < -0.39 is 10.0 Å². The van der Waals surface area contributed by atoms with Crippen LogP contribution in [-0.2, 0) is 14.8 Å². The van der Waals surface area contributed by atoms with E-state index in [-0.39, 0.29) is 16.8 Å². The van der Waals surface area contributed by atoms with Crippen molar-refractivity contribution in [2.45, 2.75) is 37.6 Å². The van der Waals surface area contributed by atoms with Gasteiger partial charge in [-0.3, -0.25) is 4.79 Å². The molecule has 1 atom stereocenters. The number of amides is 1. The number of rotatable bonds is 3. The molecule has 116 valence electrons. The molecule has 7 heteroatoms. The van der Waals surface area contributed by atoms with E-state index in [0.717, 1.165) is 12.8 Å². The SMILES string of the molecule is Cc1cc(C)c(S(N)(=O)=O)cc1C(=O)NC1CCCOC1. The average molecular weight is 312 g/mol. The highest BCUT2D eigenvalue weighted by Crippen LogP contribution is 2.20. The van der Waals surface area contributed by atoms with Crippen LogP contribution in [0.1, 0.15) is 34.3 Å². The number of benzene rings is 1. The lowest BCUT2D eigenvalue weighted by atomic mass is 10.0. The van der Waals surface area contributed by atoms with Crippen LogP contribution in [0, 0.1) is 13.8 Å². The van der Waals surface area contributed by atoms with Gasteiger partial charge >= 0.3 is 0 Å². The maximum Gasteiger partial charge on any atom is 0.251 e. The van der Waals surface area contributed by atoms with E-state index >= 15 is 0 Å². The topological polar surface area (TPSA) is 98.5 Å². The normalized spacial score (nSPS) is 19.3. The van der Waals surface area contributed by atoms with Gasteiger partial charge in [0.05, 0.1) is 17.5 Å². The van der Waals surface area contributed by atoms with Gasteiger partial charge in [-0.05, 0) is 43.9 Å². The fourth-order valence-corrected chi connectivity index (χ4v) is 3.29. The molecule has 6 nitrogen and oxygen atoms in total. The summed E-state index contributed by atoms with van der Waals surface area (Å²) in [5, 5.41) is 8.06. The number of hydrogen-bond donors (Lipinski definition) is 2. The highest BCUT2D eigenvalue weighted by Gasteiger charge is 2.21. The molecule has 3 N–H and O–H groups in total. The number of nitrogens with one attached hydrogen (secondary N) is 1. The number of carbonyl (C=O) groups excluding carboxylic acids is 1. The molecule has 1 amide bonds. The number of hydrogen-bond acceptors (Lipinski definition) is 4. The van der Waals surface area contributed by atoms with Crippen LogP contribution in [0.3, 0.4) is 0 Å². The minimum absolute atomic E-state index is 0.0156. The minimum atomic E-state index is -3.84. The van der Waals surface area contributed by atoms with Crippen LogP contribution in [0.5, 0.6) is 0 Å². The second kappa shape index (κ2) is 6.13. The fourth-order valence-electron chi connectivity index (χ4n) is 2.50. The van der Waals surface area contributed by atoms with Crippen molar-refractivity contribution < 1.29 is 17.9 Å². The van der Waals surface area contributed by atoms with Crippen molar-refractivity contribution in [2.75, 3.05) is 13.2 Å². The molecule has 1 saturated heterocycles. The first-order valence-electron chi connectivity index (χ1n) is 6.81. The minimum Gasteiger partial charge on any atom is -0.379 e. The maximum absolute atomic E-state index is 12.3. The fraction of sp³-hybridized carbons (Fsp3) is 0.500. The van der Waals surface area contributed by atoms with Gasteiger partial charge in [-0.15, -0.1) is 0 Å². The largest absolute Gasteiger partial charge is 0.379 e. The van der Waals surface area contributed by atoms with Gasteiger partial charge in [-0.25, -0.2) is 13.6 Å². The summed E-state index contributed by atoms with van der Waals surface area (Å²) in [6.45, 7) is 4.62. The summed E-state index contributed by atoms with van der Waals surface area (Å²) in [7, 11) is -3.84. The number of carbonyl (C=O) groups is 1. The van der Waals surface area contributed by atoms with Gasteiger partial charge in [0, 0.05) is 12.2 Å². The molecule has 1 aliphatic rings. The van der Waals surface area contributed by atoms with E-state index in [1.807, 2.05) is 0 Å². The molecule has 1 unspecified atom stereocenters. The summed E-state index contributed by atoms with van der Waals surface area (Å²) in [6, 6.07) is 2.97. The molecule has 0 saturated carbocycles. The molecule has 1 aromatic carbocycles. The molecule has 0 bridgehead atoms. The maximum atomic E-state index is 12.3. The Hall–Kier alpha value is -1.44. The zero-order valence-corrected chi connectivity index (χ0v) is 13.0. The molecular formula is C14H20N2O4S. The van der Waals surface area contributed by atoms with Gasteiger partial charge in [0.25, 0.3) is 5.91 Å². The summed E-state index contributed by atoms with van der Waals surface area (Å²) in [5.74, 6) is -0.298. The van der Waals surface area contributed by atoms with Crippen LogP contribution in [0.15, 0.2) is 17.0 Å². The number of aryl methyl sites for hydroxylation is 2. The molecular weight excluding hydrogens is 292 g/mol. The zero-order valence-electron chi connectivity index (χ0n) is 12.2. The second-order valence-corrected chi connectivity index (χ2v) is 6.90. The zero-order chi connectivity index (χ0) is 15.6. The van der Waals surface area contributed by atoms with Gasteiger partial charge in [-0.2, -0.15) is 0 Å². The van der Waals surface area contributed by atoms with E-state index in [9.17, 15) is 13.2 Å². The summed E-state index contributed by atoms with van der Waals surface area (Å²) >= 11 is 0. The van der Waals surface area contributed by atoms with Crippen molar-refractivity contribution in [1.29, 1.82) is 0 Å². The first-order valence-corrected chi connectivity index (χ1v) is 8.36. The third-order valence-corrected chi connectivity index (χ3v) is 4.62. The van der Waals surface area contributed by atoms with E-state index in [0.29, 0.717) is 29.9 Å². The summed E-state index contributed by atoms with van der Waals surface area (Å²) in [4.78, 5) is 12.3. The average Bonchev–Trinajstić information content (AvgIpc) is 2.38. The third-order valence-electron chi connectivity index (χ3n) is 3.57. The van der Waals surface area contributed by atoms with Crippen LogP contribution in [0.4, 0.5) is 0 Å². The Kier molecular flexibility index (Phi) is 4.65. The predicted octanol–water partition coefficient (Wildman–Crippen LogP) is 0.860. The van der Waals surface area contributed by atoms with Crippen molar-refractivity contribution in [3.63, 3.8) is 0 Å². The molecule has 0 spiro atoms. The van der Waals surface area contributed by atoms with E-state index in [4.69, 9.17) is 9.88 Å². The summed E-state index contributed by atoms with van der Waals surface area (Å²) in [5.41, 5.74) is 1.58. The lowest BCUT2D eigenvalue weighted by molar-refractivity contribution is 0.0623. The Morgan fingerprint density at radius 2 is 2.05 bits per heavy atom. The van der Waals surface area contributed by atoms with Crippen molar-refractivity contribution in [2.24, 2.45) is 5.14 Å². The Labute approximate surface area is 124 Å². The number of ether oxygens (including phenoxy) is 1. The van der Waals surface area contributed by atoms with Crippen molar-refractivity contribution in [3.05, 3.63) is 28.8 Å². The van der Waals surface area contributed by atoms with Crippen molar-refractivity contribution in [1.82, 2.24) is 5.32 Å². The first-order chi connectivity index (χ1) is 9.79. The molecule has 21 heavy (non-hydrogen) atoms. The van der Waals surface area contributed by atoms with Gasteiger partial charge in [0.1, 0.15) is 0 Å². The van der Waals surface area contributed by atoms with Gasteiger partial charge in [-0.1, -0.05) is 6.07 Å². The van der Waals surface area contributed by atoms with Crippen LogP contribution >= 0.6 is 0 Å². The standard InChI is InChI=1S/C14H20N2O4S/c1-9-6-10(2)13(21(15,18)19)7-12(9)14(17)16-11-4-3-5-20-8-11/h6-7,11H,3-5,8H2,1-2H3,(H,16,17)(H2,15,18,19). The molecule has 0 aromatic heterocycles. The van der Waals surface area contributed by atoms with Gasteiger partial charge in [0.15, 0.2) is 0 Å². The highest BCUT2D eigenvalue weighted by molar-refractivity contribution is 7.89. The number of nitrogens with two attached hydrogens (primary N) is 1. The number of primary sulfonamides is 1. The van der Waals surface area contributed by atoms with Crippen LogP contribution in [0.25, 0.3) is 0 Å². The summed E-state index contributed by atoms with van der Waals surface area (Å²) < 4.78 is 28.4. The van der Waals surface area contributed by atoms with Gasteiger partial charge < -0.3 is 10.1 Å². The molecule has 0 aliphatic carbocycles. The third kappa shape index (κ3) is 3.81. The van der Waals surface area contributed by atoms with Crippen LogP contribution in [-0.4, -0.2) is 33.6 Å². The molecule has 1 fully saturated rings. The molecule has 1 aliphatic heterocycles. The predicted molar refractivity (Wildman–Crippen MR) is 78.6 cm³/mol. The molecule has 1 aromatic rings. The second-order valence-electron chi connectivity index (χ2n) is 5.37. The highest BCUT2D eigenvalue weighted by atomic mass is 32.2. The Morgan fingerprint density at radius 1 is 1.33 bits per heavy atom. The van der Waals surface area contributed by atoms with Crippen LogP contribution in [0.2, 0.25) is 0 Å². The lowest BCUT2D eigenvalue weighted by Crippen LogP contribution is -2.40. The molecule has 1 heterocycles. The monoisotopic (exact) mass is 312 g/mol. The Bertz CT molecular complexity index is 649.